The zero-order valence-electron chi connectivity index (χ0n) is 15.6. The Labute approximate surface area is 169 Å². The molecule has 3 rings (SSSR count). The van der Waals surface area contributed by atoms with Crippen molar-refractivity contribution in [2.75, 3.05) is 7.11 Å². The molecule has 0 bridgehead atoms. The molecule has 2 aromatic carbocycles. The van der Waals surface area contributed by atoms with Crippen LogP contribution in [-0.2, 0) is 25.5 Å². The van der Waals surface area contributed by atoms with E-state index in [0.717, 1.165) is 11.6 Å². The fourth-order valence-corrected chi connectivity index (χ4v) is 2.61. The van der Waals surface area contributed by atoms with Crippen LogP contribution in [-0.4, -0.2) is 31.1 Å². The number of imide groups is 1. The molecule has 156 valence electrons. The Morgan fingerprint density at radius 3 is 2.47 bits per heavy atom. The lowest BCUT2D eigenvalue weighted by atomic mass is 10.1. The van der Waals surface area contributed by atoms with Crippen LogP contribution in [0.4, 0.5) is 13.6 Å². The van der Waals surface area contributed by atoms with Crippen molar-refractivity contribution >= 4 is 24.0 Å². The van der Waals surface area contributed by atoms with Crippen molar-refractivity contribution in [3.63, 3.8) is 0 Å². The van der Waals surface area contributed by atoms with Gasteiger partial charge in [-0.15, -0.1) is 0 Å². The predicted octanol–water partition coefficient (Wildman–Crippen LogP) is 2.41. The van der Waals surface area contributed by atoms with Gasteiger partial charge in [-0.1, -0.05) is 12.1 Å². The molecule has 0 saturated carbocycles. The van der Waals surface area contributed by atoms with Gasteiger partial charge in [0.15, 0.2) is 17.3 Å². The van der Waals surface area contributed by atoms with E-state index in [9.17, 15) is 23.2 Å². The molecule has 1 aliphatic heterocycles. The van der Waals surface area contributed by atoms with Crippen LogP contribution in [0.25, 0.3) is 6.08 Å². The zero-order valence-corrected chi connectivity index (χ0v) is 15.6. The monoisotopic (exact) mass is 418 g/mol. The summed E-state index contributed by atoms with van der Waals surface area (Å²) in [6, 6.07) is 7.78. The number of hydrogen-bond acceptors (Lipinski definition) is 7. The van der Waals surface area contributed by atoms with Gasteiger partial charge in [0, 0.05) is 5.56 Å². The average Bonchev–Trinajstić information content (AvgIpc) is 3.05. The molecule has 3 N–H and O–H groups in total. The van der Waals surface area contributed by atoms with E-state index >= 15 is 0 Å². The molecular weight excluding hydrogens is 402 g/mol. The van der Waals surface area contributed by atoms with Crippen LogP contribution < -0.4 is 15.8 Å². The zero-order chi connectivity index (χ0) is 21.8. The Morgan fingerprint density at radius 1 is 1.17 bits per heavy atom. The number of esters is 1. The summed E-state index contributed by atoms with van der Waals surface area (Å²) in [5.74, 6) is -4.59. The molecule has 1 saturated heterocycles. The highest BCUT2D eigenvalue weighted by molar-refractivity contribution is 6.09. The minimum absolute atomic E-state index is 0.221. The molecule has 0 radical (unpaired) electrons. The van der Waals surface area contributed by atoms with E-state index in [1.54, 1.807) is 12.1 Å². The second-order valence-electron chi connectivity index (χ2n) is 6.21. The molecule has 1 fully saturated rings. The number of cyclic esters (lactones) is 1. The van der Waals surface area contributed by atoms with Crippen LogP contribution in [0.1, 0.15) is 11.1 Å². The third-order valence-corrected chi connectivity index (χ3v) is 4.12. The lowest BCUT2D eigenvalue weighted by molar-refractivity contribution is -0.142. The number of hydrogen-bond donors (Lipinski definition) is 2. The number of nitrogens with two attached hydrogens (primary N) is 1. The van der Waals surface area contributed by atoms with Gasteiger partial charge >= 0.3 is 12.1 Å². The maximum atomic E-state index is 14.4. The smallest absolute Gasteiger partial charge is 0.419 e. The maximum absolute atomic E-state index is 14.4. The molecule has 2 aromatic rings. The van der Waals surface area contributed by atoms with Crippen LogP contribution in [0.3, 0.4) is 0 Å². The highest BCUT2D eigenvalue weighted by atomic mass is 19.2. The van der Waals surface area contributed by atoms with Crippen LogP contribution in [0.15, 0.2) is 42.2 Å². The topological polar surface area (TPSA) is 117 Å². The molecule has 30 heavy (non-hydrogen) atoms. The number of alkyl carbamates (subject to hydrolysis) is 1. The van der Waals surface area contributed by atoms with Crippen LogP contribution >= 0.6 is 0 Å². The number of carbonyl (C=O) groups is 3. The van der Waals surface area contributed by atoms with Gasteiger partial charge in [0.2, 0.25) is 5.82 Å². The summed E-state index contributed by atoms with van der Waals surface area (Å²) >= 11 is 0. The number of ether oxygens (including phenoxy) is 3. The first-order valence-electron chi connectivity index (χ1n) is 8.61. The Morgan fingerprint density at radius 2 is 1.87 bits per heavy atom. The van der Waals surface area contributed by atoms with Gasteiger partial charge < -0.3 is 19.9 Å². The Balaban J connectivity index is 1.74. The molecule has 1 heterocycles. The van der Waals surface area contributed by atoms with E-state index in [0.29, 0.717) is 0 Å². The minimum atomic E-state index is -1.29. The van der Waals surface area contributed by atoms with Gasteiger partial charge in [0.25, 0.3) is 5.91 Å². The van der Waals surface area contributed by atoms with Crippen molar-refractivity contribution in [2.24, 2.45) is 5.73 Å². The molecule has 1 atom stereocenters. The van der Waals surface area contributed by atoms with Gasteiger partial charge in [0.1, 0.15) is 11.8 Å². The van der Waals surface area contributed by atoms with Crippen LogP contribution in [0, 0.1) is 11.6 Å². The highest BCUT2D eigenvalue weighted by Gasteiger charge is 2.27. The maximum Gasteiger partial charge on any atom is 0.419 e. The van der Waals surface area contributed by atoms with E-state index in [1.165, 1.54) is 31.4 Å². The van der Waals surface area contributed by atoms with Gasteiger partial charge in [-0.25, -0.2) is 9.18 Å². The first kappa shape index (κ1) is 20.9. The largest absolute Gasteiger partial charge is 0.468 e. The van der Waals surface area contributed by atoms with Gasteiger partial charge in [-0.05, 0) is 42.3 Å². The molecule has 0 aromatic heterocycles. The first-order valence-corrected chi connectivity index (χ1v) is 8.61. The number of rotatable bonds is 6. The molecule has 1 aliphatic rings. The Bertz CT molecular complexity index is 1040. The number of benzene rings is 2. The predicted molar refractivity (Wildman–Crippen MR) is 99.2 cm³/mol. The number of methoxy groups -OCH3 is 1. The number of nitrogens with one attached hydrogen (secondary N) is 1. The van der Waals surface area contributed by atoms with E-state index in [2.05, 4.69) is 9.47 Å². The van der Waals surface area contributed by atoms with Crippen molar-refractivity contribution < 1.29 is 37.4 Å². The van der Waals surface area contributed by atoms with Crippen molar-refractivity contribution in [3.8, 4) is 11.5 Å². The van der Waals surface area contributed by atoms with Crippen molar-refractivity contribution in [3.05, 3.63) is 64.9 Å². The summed E-state index contributed by atoms with van der Waals surface area (Å²) in [7, 11) is 1.24. The van der Waals surface area contributed by atoms with Crippen molar-refractivity contribution in [1.82, 2.24) is 5.32 Å². The number of carbonyl (C=O) groups excluding carboxylic acids is 3. The fraction of sp³-hybridized carbons (Fsp3) is 0.150. The third-order valence-electron chi connectivity index (χ3n) is 4.12. The SMILES string of the molecule is COC(=O)C(N)Cc1ccc(Oc2ccc(C=C3OC(=O)NC3=O)c(F)c2F)cc1. The Hall–Kier alpha value is -3.79. The normalized spacial score (nSPS) is 15.5. The molecule has 0 aliphatic carbocycles. The second-order valence-corrected chi connectivity index (χ2v) is 6.21. The van der Waals surface area contributed by atoms with Crippen LogP contribution in [0.5, 0.6) is 11.5 Å². The van der Waals surface area contributed by atoms with Gasteiger partial charge in [0.05, 0.1) is 7.11 Å². The summed E-state index contributed by atoms with van der Waals surface area (Å²) in [6.45, 7) is 0. The molecular formula is C20H16F2N2O6. The highest BCUT2D eigenvalue weighted by Crippen LogP contribution is 2.29. The lowest BCUT2D eigenvalue weighted by Crippen LogP contribution is -2.33. The Kier molecular flexibility index (Phi) is 6.07. The fourth-order valence-electron chi connectivity index (χ4n) is 2.61. The quantitative estimate of drug-likeness (QED) is 0.547. The summed E-state index contributed by atoms with van der Waals surface area (Å²) in [5, 5.41) is 1.85. The van der Waals surface area contributed by atoms with E-state index in [4.69, 9.17) is 10.5 Å². The van der Waals surface area contributed by atoms with E-state index in [-0.39, 0.29) is 23.5 Å². The molecule has 10 heteroatoms. The minimum Gasteiger partial charge on any atom is -0.468 e. The lowest BCUT2D eigenvalue weighted by Gasteiger charge is -2.11. The standard InChI is InChI=1S/C20H16F2N2O6/c1-28-19(26)13(23)8-10-2-5-12(6-3-10)29-14-7-4-11(16(21)17(14)22)9-15-18(25)24-20(27)30-15/h2-7,9,13H,8,23H2,1H3,(H,24,25,27). The molecule has 8 nitrogen and oxygen atoms in total. The summed E-state index contributed by atoms with van der Waals surface area (Å²) in [5.41, 5.74) is 6.11. The molecule has 2 amide bonds. The van der Waals surface area contributed by atoms with Gasteiger partial charge in [-0.3, -0.25) is 14.9 Å². The van der Waals surface area contributed by atoms with E-state index in [1.807, 2.05) is 5.32 Å². The van der Waals surface area contributed by atoms with Crippen LogP contribution in [0.2, 0.25) is 0 Å². The van der Waals surface area contributed by atoms with Crippen molar-refractivity contribution in [2.45, 2.75) is 12.5 Å². The summed E-state index contributed by atoms with van der Waals surface area (Å²) in [4.78, 5) is 33.8. The number of amides is 2. The van der Waals surface area contributed by atoms with Crippen molar-refractivity contribution in [1.29, 1.82) is 0 Å². The average molecular weight is 418 g/mol. The van der Waals surface area contributed by atoms with Gasteiger partial charge in [-0.2, -0.15) is 4.39 Å². The van der Waals surface area contributed by atoms with E-state index < -0.39 is 41.4 Å². The number of halogens is 2. The molecule has 0 spiro atoms. The molecule has 1 unspecified atom stereocenters. The second kappa shape index (κ2) is 8.70. The summed E-state index contributed by atoms with van der Waals surface area (Å²) in [6.07, 6.45) is 0.141. The first-order chi connectivity index (χ1) is 14.3. The summed E-state index contributed by atoms with van der Waals surface area (Å²) < 4.78 is 43.2. The third kappa shape index (κ3) is 4.61.